The van der Waals surface area contributed by atoms with Gasteiger partial charge in [0.25, 0.3) is 5.92 Å². The van der Waals surface area contributed by atoms with Crippen molar-refractivity contribution >= 4 is 0 Å². The minimum atomic E-state index is -3.39. The molecule has 0 fully saturated rings. The van der Waals surface area contributed by atoms with Crippen LogP contribution in [-0.4, -0.2) is 6.61 Å². The Labute approximate surface area is 206 Å². The average Bonchev–Trinajstić information content (AvgIpc) is 2.86. The first-order valence-electron chi connectivity index (χ1n) is 12.6. The van der Waals surface area contributed by atoms with Crippen molar-refractivity contribution in [2.45, 2.75) is 71.1 Å². The number of hydrogen-bond donors (Lipinski definition) is 0. The predicted octanol–water partition coefficient (Wildman–Crippen LogP) is 9.93. The van der Waals surface area contributed by atoms with E-state index in [0.717, 1.165) is 42.2 Å². The highest BCUT2D eigenvalue weighted by Gasteiger charge is 2.35. The van der Waals surface area contributed by atoms with Crippen molar-refractivity contribution in [2.24, 2.45) is 0 Å². The Bertz CT molecular complexity index is 1060. The van der Waals surface area contributed by atoms with Crippen LogP contribution in [0.1, 0.15) is 70.8 Å². The van der Waals surface area contributed by atoms with Crippen LogP contribution in [0, 0.1) is 11.6 Å². The molecule has 0 saturated carbocycles. The molecular formula is C30H34F4O. The van der Waals surface area contributed by atoms with E-state index in [1.807, 2.05) is 31.2 Å². The molecule has 1 nitrogen and oxygen atoms in total. The van der Waals surface area contributed by atoms with Gasteiger partial charge in [0.15, 0.2) is 11.6 Å². The van der Waals surface area contributed by atoms with E-state index in [1.165, 1.54) is 18.9 Å². The van der Waals surface area contributed by atoms with E-state index in [-0.39, 0.29) is 12.0 Å². The van der Waals surface area contributed by atoms with Gasteiger partial charge in [0.1, 0.15) is 5.75 Å². The molecule has 0 bridgehead atoms. The molecule has 0 unspecified atom stereocenters. The van der Waals surface area contributed by atoms with Crippen molar-refractivity contribution < 1.29 is 22.3 Å². The molecule has 0 N–H and O–H groups in total. The maximum absolute atomic E-state index is 14.8. The number of hydrogen-bond acceptors (Lipinski definition) is 1. The molecule has 0 aromatic heterocycles. The van der Waals surface area contributed by atoms with Crippen molar-refractivity contribution in [1.29, 1.82) is 0 Å². The summed E-state index contributed by atoms with van der Waals surface area (Å²) in [6.45, 7) is 4.77. The van der Waals surface area contributed by atoms with E-state index in [1.54, 1.807) is 24.3 Å². The predicted molar refractivity (Wildman–Crippen MR) is 135 cm³/mol. The van der Waals surface area contributed by atoms with Crippen LogP contribution < -0.4 is 4.74 Å². The van der Waals surface area contributed by atoms with E-state index in [0.29, 0.717) is 18.6 Å². The number of benzene rings is 3. The largest absolute Gasteiger partial charge is 0.494 e. The van der Waals surface area contributed by atoms with Crippen molar-refractivity contribution in [3.63, 3.8) is 0 Å². The molecule has 3 aromatic rings. The van der Waals surface area contributed by atoms with Gasteiger partial charge in [-0.2, -0.15) is 0 Å². The summed E-state index contributed by atoms with van der Waals surface area (Å²) in [5, 5.41) is 0. The SMILES string of the molecule is CCCCCCOc1ccc(-c2ccc(-c3ccc(C(F)(F)CCCCC)c(F)c3F)cc2)cc1. The van der Waals surface area contributed by atoms with E-state index >= 15 is 0 Å². The third-order valence-corrected chi connectivity index (χ3v) is 6.22. The Morgan fingerprint density at radius 2 is 1.20 bits per heavy atom. The maximum atomic E-state index is 14.8. The highest BCUT2D eigenvalue weighted by Crippen LogP contribution is 2.38. The molecule has 0 aliphatic heterocycles. The van der Waals surface area contributed by atoms with Gasteiger partial charge >= 0.3 is 0 Å². The molecule has 35 heavy (non-hydrogen) atoms. The van der Waals surface area contributed by atoms with Crippen LogP contribution in [0.2, 0.25) is 0 Å². The molecule has 5 heteroatoms. The number of ether oxygens (including phenoxy) is 1. The zero-order valence-electron chi connectivity index (χ0n) is 20.6. The normalized spacial score (nSPS) is 11.6. The lowest BCUT2D eigenvalue weighted by molar-refractivity contribution is -0.0195. The van der Waals surface area contributed by atoms with Crippen LogP contribution in [0.4, 0.5) is 17.6 Å². The molecule has 0 amide bonds. The summed E-state index contributed by atoms with van der Waals surface area (Å²) in [6.07, 6.45) is 5.77. The fourth-order valence-corrected chi connectivity index (χ4v) is 4.09. The molecule has 188 valence electrons. The van der Waals surface area contributed by atoms with Crippen LogP contribution in [0.15, 0.2) is 60.7 Å². The molecule has 0 atom stereocenters. The van der Waals surface area contributed by atoms with Crippen molar-refractivity contribution in [1.82, 2.24) is 0 Å². The van der Waals surface area contributed by atoms with Gasteiger partial charge in [-0.25, -0.2) is 17.6 Å². The zero-order chi connectivity index (χ0) is 25.3. The first-order valence-corrected chi connectivity index (χ1v) is 12.6. The van der Waals surface area contributed by atoms with E-state index in [2.05, 4.69) is 6.92 Å². The highest BCUT2D eigenvalue weighted by atomic mass is 19.3. The monoisotopic (exact) mass is 486 g/mol. The second kappa shape index (κ2) is 12.8. The van der Waals surface area contributed by atoms with Gasteiger partial charge in [0, 0.05) is 12.0 Å². The Balaban J connectivity index is 1.70. The quantitative estimate of drug-likeness (QED) is 0.172. The van der Waals surface area contributed by atoms with Crippen LogP contribution in [0.3, 0.4) is 0 Å². The lowest BCUT2D eigenvalue weighted by Crippen LogP contribution is -2.16. The van der Waals surface area contributed by atoms with Gasteiger partial charge in [0.2, 0.25) is 0 Å². The van der Waals surface area contributed by atoms with E-state index in [9.17, 15) is 17.6 Å². The van der Waals surface area contributed by atoms with Crippen molar-refractivity contribution in [3.8, 4) is 28.0 Å². The molecule has 0 spiro atoms. The highest BCUT2D eigenvalue weighted by molar-refractivity contribution is 5.71. The Morgan fingerprint density at radius 3 is 1.83 bits per heavy atom. The molecular weight excluding hydrogens is 452 g/mol. The van der Waals surface area contributed by atoms with Gasteiger partial charge < -0.3 is 4.74 Å². The summed E-state index contributed by atoms with van der Waals surface area (Å²) in [4.78, 5) is 0. The summed E-state index contributed by atoms with van der Waals surface area (Å²) in [5.74, 6) is -5.30. The zero-order valence-corrected chi connectivity index (χ0v) is 20.6. The van der Waals surface area contributed by atoms with E-state index < -0.39 is 29.5 Å². The number of rotatable bonds is 13. The van der Waals surface area contributed by atoms with E-state index in [4.69, 9.17) is 4.74 Å². The molecule has 3 rings (SSSR count). The van der Waals surface area contributed by atoms with Gasteiger partial charge in [-0.15, -0.1) is 0 Å². The second-order valence-electron chi connectivity index (χ2n) is 8.96. The smallest absolute Gasteiger partial charge is 0.276 e. The summed E-state index contributed by atoms with van der Waals surface area (Å²) in [7, 11) is 0. The lowest BCUT2D eigenvalue weighted by Gasteiger charge is -2.18. The van der Waals surface area contributed by atoms with Gasteiger partial charge in [0.05, 0.1) is 12.2 Å². The first-order chi connectivity index (χ1) is 16.9. The first kappa shape index (κ1) is 26.8. The Hall–Kier alpha value is -2.82. The standard InChI is InChI=1S/C30H34F4O/c1-3-5-7-9-21-35-25-16-14-23(15-17-25)22-10-12-24(13-11-22)26-18-19-27(29(32)28(26)31)30(33,34)20-8-6-4-2/h10-19H,3-9,20-21H2,1-2H3. The van der Waals surface area contributed by atoms with Crippen LogP contribution >= 0.6 is 0 Å². The van der Waals surface area contributed by atoms with Gasteiger partial charge in [-0.05, 0) is 47.7 Å². The third kappa shape index (κ3) is 7.09. The minimum Gasteiger partial charge on any atom is -0.494 e. The van der Waals surface area contributed by atoms with Crippen LogP contribution in [-0.2, 0) is 5.92 Å². The van der Waals surface area contributed by atoms with Crippen LogP contribution in [0.25, 0.3) is 22.3 Å². The molecule has 0 saturated heterocycles. The topological polar surface area (TPSA) is 9.23 Å². The second-order valence-corrected chi connectivity index (χ2v) is 8.96. The molecule has 0 aliphatic carbocycles. The molecule has 0 heterocycles. The van der Waals surface area contributed by atoms with Crippen LogP contribution in [0.5, 0.6) is 5.75 Å². The Kier molecular flexibility index (Phi) is 9.76. The summed E-state index contributed by atoms with van der Waals surface area (Å²) in [6, 6.07) is 16.9. The molecule has 0 radical (unpaired) electrons. The fourth-order valence-electron chi connectivity index (χ4n) is 4.09. The van der Waals surface area contributed by atoms with Crippen molar-refractivity contribution in [2.75, 3.05) is 6.61 Å². The van der Waals surface area contributed by atoms with Gasteiger partial charge in [-0.3, -0.25) is 0 Å². The van der Waals surface area contributed by atoms with Crippen molar-refractivity contribution in [3.05, 3.63) is 77.9 Å². The fraction of sp³-hybridized carbons (Fsp3) is 0.400. The molecule has 0 aliphatic rings. The molecule has 3 aromatic carbocycles. The third-order valence-electron chi connectivity index (χ3n) is 6.22. The number of halogens is 4. The summed E-state index contributed by atoms with van der Waals surface area (Å²) >= 11 is 0. The lowest BCUT2D eigenvalue weighted by atomic mass is 9.96. The number of alkyl halides is 2. The average molecular weight is 487 g/mol. The van der Waals surface area contributed by atoms with Gasteiger partial charge in [-0.1, -0.05) is 88.4 Å². The summed E-state index contributed by atoms with van der Waals surface area (Å²) < 4.78 is 64.0. The summed E-state index contributed by atoms with van der Waals surface area (Å²) in [5.41, 5.74) is 1.39. The Morgan fingerprint density at radius 1 is 0.629 bits per heavy atom. The maximum Gasteiger partial charge on any atom is 0.276 e. The minimum absolute atomic E-state index is 0.0334. The number of unbranched alkanes of at least 4 members (excludes halogenated alkanes) is 5.